The molecule has 1 rings (SSSR count). The number of urea groups is 1. The van der Waals surface area contributed by atoms with Crippen molar-refractivity contribution in [1.29, 1.82) is 0 Å². The molecule has 0 atom stereocenters. The van der Waals surface area contributed by atoms with Crippen LogP contribution in [0.25, 0.3) is 0 Å². The van der Waals surface area contributed by atoms with Crippen LogP contribution in [0.3, 0.4) is 0 Å². The van der Waals surface area contributed by atoms with E-state index in [-0.39, 0.29) is 18.9 Å². The quantitative estimate of drug-likeness (QED) is 0.441. The van der Waals surface area contributed by atoms with Gasteiger partial charge in [-0.05, 0) is 6.07 Å². The first-order valence-electron chi connectivity index (χ1n) is 4.96. The minimum atomic E-state index is -0.679. The van der Waals surface area contributed by atoms with Crippen molar-refractivity contribution in [2.24, 2.45) is 5.10 Å². The Balaban J connectivity index is 2.75. The van der Waals surface area contributed by atoms with Gasteiger partial charge in [0, 0.05) is 7.05 Å². The molecule has 0 spiro atoms. The van der Waals surface area contributed by atoms with Crippen molar-refractivity contribution >= 4 is 18.1 Å². The maximum Gasteiger partial charge on any atom is 0.433 e. The summed E-state index contributed by atoms with van der Waals surface area (Å²) < 4.78 is 4.82. The minimum absolute atomic E-state index is 0.00102. The Morgan fingerprint density at radius 1 is 1.72 bits per heavy atom. The predicted octanol–water partition coefficient (Wildman–Crippen LogP) is 0.155. The zero-order valence-electron chi connectivity index (χ0n) is 9.57. The second-order valence-electron chi connectivity index (χ2n) is 3.08. The number of nitrogens with one attached hydrogen (secondary N) is 1. The molecule has 0 aromatic carbocycles. The normalized spacial score (nSPS) is 10.6. The van der Waals surface area contributed by atoms with Crippen molar-refractivity contribution in [1.82, 2.24) is 10.3 Å². The van der Waals surface area contributed by atoms with Crippen LogP contribution in [-0.4, -0.2) is 47.5 Å². The molecule has 2 amide bonds. The van der Waals surface area contributed by atoms with Crippen LogP contribution in [0.2, 0.25) is 0 Å². The number of furan rings is 1. The summed E-state index contributed by atoms with van der Waals surface area (Å²) in [5.41, 5.74) is 0. The molecule has 2 N–H and O–H groups in total. The molecule has 0 unspecified atom stereocenters. The lowest BCUT2D eigenvalue weighted by Crippen LogP contribution is -2.36. The largest absolute Gasteiger partial charge is 0.433 e. The van der Waals surface area contributed by atoms with Crippen LogP contribution in [0.4, 0.5) is 10.7 Å². The van der Waals surface area contributed by atoms with Gasteiger partial charge in [0.1, 0.15) is 4.92 Å². The molecule has 0 aliphatic rings. The lowest BCUT2D eigenvalue weighted by molar-refractivity contribution is -0.402. The molecule has 0 fully saturated rings. The van der Waals surface area contributed by atoms with Crippen molar-refractivity contribution in [2.75, 3.05) is 20.2 Å². The summed E-state index contributed by atoms with van der Waals surface area (Å²) in [5.74, 6) is -0.279. The van der Waals surface area contributed by atoms with E-state index in [0.717, 1.165) is 11.2 Å². The van der Waals surface area contributed by atoms with Crippen molar-refractivity contribution in [3.63, 3.8) is 0 Å². The lowest BCUT2D eigenvalue weighted by Gasteiger charge is -2.14. The number of aliphatic hydroxyl groups excluding tert-OH is 1. The number of hydrazone groups is 1. The van der Waals surface area contributed by atoms with E-state index in [0.29, 0.717) is 0 Å². The number of nitrogens with zero attached hydrogens (tertiary/aromatic N) is 3. The molecule has 18 heavy (non-hydrogen) atoms. The Morgan fingerprint density at radius 2 is 2.44 bits per heavy atom. The number of carbonyl (C=O) groups excluding carboxylic acids is 1. The Kier molecular flexibility index (Phi) is 4.81. The van der Waals surface area contributed by atoms with Gasteiger partial charge in [0.2, 0.25) is 0 Å². The second-order valence-corrected chi connectivity index (χ2v) is 3.08. The van der Waals surface area contributed by atoms with Gasteiger partial charge in [0.15, 0.2) is 5.76 Å². The topological polar surface area (TPSA) is 121 Å². The molecule has 1 aromatic rings. The highest BCUT2D eigenvalue weighted by Crippen LogP contribution is 2.13. The summed E-state index contributed by atoms with van der Waals surface area (Å²) in [4.78, 5) is 21.0. The third-order valence-corrected chi connectivity index (χ3v) is 1.88. The van der Waals surface area contributed by atoms with E-state index >= 15 is 0 Å². The van der Waals surface area contributed by atoms with E-state index in [1.807, 2.05) is 0 Å². The molecule has 1 heterocycles. The van der Waals surface area contributed by atoms with Crippen LogP contribution in [0, 0.1) is 10.1 Å². The molecule has 0 bridgehead atoms. The molecule has 0 radical (unpaired) electrons. The molecule has 0 saturated heterocycles. The highest BCUT2D eigenvalue weighted by atomic mass is 16.6. The monoisotopic (exact) mass is 256 g/mol. The van der Waals surface area contributed by atoms with Gasteiger partial charge >= 0.3 is 11.9 Å². The predicted molar refractivity (Wildman–Crippen MR) is 61.2 cm³/mol. The Labute approximate surface area is 102 Å². The van der Waals surface area contributed by atoms with Gasteiger partial charge in [-0.25, -0.2) is 9.80 Å². The van der Waals surface area contributed by atoms with Crippen LogP contribution in [0.15, 0.2) is 21.7 Å². The average Bonchev–Trinajstić information content (AvgIpc) is 2.82. The number of hydrogen-bond donors (Lipinski definition) is 2. The number of carbonyl (C=O) groups is 1. The van der Waals surface area contributed by atoms with Gasteiger partial charge in [-0.3, -0.25) is 10.1 Å². The SMILES string of the molecule is CNC(=O)N(CCO)/N=C/c1ccc([N+](=O)[O-])o1. The van der Waals surface area contributed by atoms with E-state index in [2.05, 4.69) is 10.4 Å². The standard InChI is InChI=1S/C9H12N4O5/c1-10-9(15)12(4-5-14)11-6-7-2-3-8(18-7)13(16)17/h2-3,6,14H,4-5H2,1H3,(H,10,15)/b11-6+. The first-order valence-corrected chi connectivity index (χ1v) is 4.96. The smallest absolute Gasteiger partial charge is 0.400 e. The number of nitro groups is 1. The molecule has 1 aromatic heterocycles. The van der Waals surface area contributed by atoms with Gasteiger partial charge in [0.05, 0.1) is 25.4 Å². The molecule has 9 heteroatoms. The van der Waals surface area contributed by atoms with E-state index in [1.54, 1.807) is 0 Å². The van der Waals surface area contributed by atoms with Gasteiger partial charge in [-0.2, -0.15) is 5.10 Å². The van der Waals surface area contributed by atoms with Crippen molar-refractivity contribution in [2.45, 2.75) is 0 Å². The van der Waals surface area contributed by atoms with Crippen LogP contribution in [-0.2, 0) is 0 Å². The van der Waals surface area contributed by atoms with Gasteiger partial charge in [0.25, 0.3) is 0 Å². The van der Waals surface area contributed by atoms with Crippen molar-refractivity contribution < 1.29 is 19.2 Å². The number of hydrogen-bond acceptors (Lipinski definition) is 6. The zero-order chi connectivity index (χ0) is 13.5. The third kappa shape index (κ3) is 3.56. The summed E-state index contributed by atoms with van der Waals surface area (Å²) in [6.07, 6.45) is 1.15. The molecule has 0 aliphatic carbocycles. The van der Waals surface area contributed by atoms with E-state index in [1.165, 1.54) is 19.2 Å². The first kappa shape index (κ1) is 13.6. The minimum Gasteiger partial charge on any atom is -0.400 e. The highest BCUT2D eigenvalue weighted by Gasteiger charge is 2.12. The van der Waals surface area contributed by atoms with Crippen LogP contribution < -0.4 is 5.32 Å². The Morgan fingerprint density at radius 3 is 2.94 bits per heavy atom. The number of rotatable bonds is 5. The average molecular weight is 256 g/mol. The summed E-state index contributed by atoms with van der Waals surface area (Å²) in [5, 5.41) is 26.2. The van der Waals surface area contributed by atoms with Crippen LogP contribution in [0.1, 0.15) is 5.76 Å². The fourth-order valence-corrected chi connectivity index (χ4v) is 1.07. The third-order valence-electron chi connectivity index (χ3n) is 1.88. The summed E-state index contributed by atoms with van der Waals surface area (Å²) in [7, 11) is 1.42. The van der Waals surface area contributed by atoms with E-state index in [9.17, 15) is 14.9 Å². The first-order chi connectivity index (χ1) is 8.58. The van der Waals surface area contributed by atoms with Crippen molar-refractivity contribution in [3.8, 4) is 0 Å². The maximum absolute atomic E-state index is 11.3. The van der Waals surface area contributed by atoms with Gasteiger partial charge in [-0.15, -0.1) is 0 Å². The number of aliphatic hydroxyl groups is 1. The fraction of sp³-hybridized carbons (Fsp3) is 0.333. The van der Waals surface area contributed by atoms with Crippen LogP contribution >= 0.6 is 0 Å². The lowest BCUT2D eigenvalue weighted by atomic mass is 10.5. The van der Waals surface area contributed by atoms with Crippen LogP contribution in [0.5, 0.6) is 0 Å². The summed E-state index contributed by atoms with van der Waals surface area (Å²) in [6.45, 7) is -0.262. The molecule has 0 saturated carbocycles. The summed E-state index contributed by atoms with van der Waals surface area (Å²) in [6, 6.07) is 2.02. The van der Waals surface area contributed by atoms with Gasteiger partial charge < -0.3 is 14.8 Å². The van der Waals surface area contributed by atoms with Crippen molar-refractivity contribution in [3.05, 3.63) is 28.0 Å². The summed E-state index contributed by atoms with van der Waals surface area (Å²) >= 11 is 0. The molecular weight excluding hydrogens is 244 g/mol. The molecule has 0 aliphatic heterocycles. The fourth-order valence-electron chi connectivity index (χ4n) is 1.07. The Hall–Kier alpha value is -2.42. The second kappa shape index (κ2) is 6.35. The zero-order valence-corrected chi connectivity index (χ0v) is 9.57. The Bertz CT molecular complexity index is 456. The maximum atomic E-state index is 11.3. The van der Waals surface area contributed by atoms with E-state index in [4.69, 9.17) is 9.52 Å². The number of amides is 2. The highest BCUT2D eigenvalue weighted by molar-refractivity contribution is 5.79. The molecule has 9 nitrogen and oxygen atoms in total. The molecule has 98 valence electrons. The van der Waals surface area contributed by atoms with Gasteiger partial charge in [-0.1, -0.05) is 0 Å². The van der Waals surface area contributed by atoms with E-state index < -0.39 is 16.8 Å². The molecular formula is C9H12N4O5.